The molecule has 1 N–H and O–H groups in total. The fraction of sp³-hybridized carbons (Fsp3) is 1.00. The highest BCUT2D eigenvalue weighted by Gasteiger charge is 2.38. The summed E-state index contributed by atoms with van der Waals surface area (Å²) >= 11 is -1.97. The summed E-state index contributed by atoms with van der Waals surface area (Å²) in [5, 5.41) is 3.28. The molecule has 0 radical (unpaired) electrons. The van der Waals surface area contributed by atoms with Crippen molar-refractivity contribution in [1.29, 1.82) is 0 Å². The standard InChI is InChI=1S/C11H22N2O2S/c14-16(15)11(5-3-1-2-4-6-11)13-9-7-12-8-10-13/h12H,1-10H2,(H,14,15)/p-1. The summed E-state index contributed by atoms with van der Waals surface area (Å²) in [6.45, 7) is 3.57. The molecule has 0 aromatic heterocycles. The highest BCUT2D eigenvalue weighted by atomic mass is 32.2. The molecule has 2 fully saturated rings. The van der Waals surface area contributed by atoms with Crippen LogP contribution in [0.4, 0.5) is 0 Å². The Labute approximate surface area is 100 Å². The summed E-state index contributed by atoms with van der Waals surface area (Å²) in [6.07, 6.45) is 6.12. The summed E-state index contributed by atoms with van der Waals surface area (Å²) in [4.78, 5) is 1.64. The van der Waals surface area contributed by atoms with Gasteiger partial charge in [-0.25, -0.2) is 0 Å². The van der Waals surface area contributed by atoms with Gasteiger partial charge in [0.2, 0.25) is 0 Å². The van der Waals surface area contributed by atoms with E-state index < -0.39 is 16.0 Å². The third kappa shape index (κ3) is 2.47. The van der Waals surface area contributed by atoms with Gasteiger partial charge in [0.05, 0.1) is 4.87 Å². The zero-order valence-corrected chi connectivity index (χ0v) is 10.6. The lowest BCUT2D eigenvalue weighted by Crippen LogP contribution is -2.58. The molecule has 0 spiro atoms. The minimum atomic E-state index is -1.97. The van der Waals surface area contributed by atoms with Gasteiger partial charge < -0.3 is 9.87 Å². The molecular formula is C11H21N2O2S-. The van der Waals surface area contributed by atoms with Crippen LogP contribution in [-0.4, -0.2) is 44.7 Å². The summed E-state index contributed by atoms with van der Waals surface area (Å²) < 4.78 is 23.3. The molecular weight excluding hydrogens is 224 g/mol. The van der Waals surface area contributed by atoms with Crippen LogP contribution in [0.15, 0.2) is 0 Å². The molecule has 1 aliphatic carbocycles. The number of hydrogen-bond donors (Lipinski definition) is 1. The zero-order chi connectivity index (χ0) is 11.4. The first-order valence-electron chi connectivity index (χ1n) is 6.31. The topological polar surface area (TPSA) is 55.4 Å². The Kier molecular flexibility index (Phi) is 4.35. The second kappa shape index (κ2) is 5.58. The predicted molar refractivity (Wildman–Crippen MR) is 63.8 cm³/mol. The van der Waals surface area contributed by atoms with Crippen molar-refractivity contribution < 1.29 is 8.76 Å². The highest BCUT2D eigenvalue weighted by molar-refractivity contribution is 7.80. The third-order valence-electron chi connectivity index (χ3n) is 3.89. The average Bonchev–Trinajstić information content (AvgIpc) is 2.56. The fourth-order valence-corrected chi connectivity index (χ4v) is 3.96. The predicted octanol–water partition coefficient (Wildman–Crippen LogP) is 0.821. The van der Waals surface area contributed by atoms with Gasteiger partial charge >= 0.3 is 0 Å². The van der Waals surface area contributed by atoms with E-state index in [4.69, 9.17) is 0 Å². The first-order chi connectivity index (χ1) is 7.76. The largest absolute Gasteiger partial charge is 0.771 e. The lowest BCUT2D eigenvalue weighted by atomic mass is 10.1. The highest BCUT2D eigenvalue weighted by Crippen LogP contribution is 2.35. The van der Waals surface area contributed by atoms with Crippen molar-refractivity contribution in [2.75, 3.05) is 26.2 Å². The van der Waals surface area contributed by atoms with Crippen LogP contribution in [0.1, 0.15) is 38.5 Å². The van der Waals surface area contributed by atoms with E-state index in [1.165, 1.54) is 12.8 Å². The maximum Gasteiger partial charge on any atom is 0.0838 e. The van der Waals surface area contributed by atoms with E-state index in [1.54, 1.807) is 0 Å². The Balaban J connectivity index is 2.14. The van der Waals surface area contributed by atoms with Crippen molar-refractivity contribution in [3.05, 3.63) is 0 Å². The Morgan fingerprint density at radius 2 is 1.62 bits per heavy atom. The molecule has 1 saturated carbocycles. The van der Waals surface area contributed by atoms with Crippen molar-refractivity contribution in [1.82, 2.24) is 10.2 Å². The van der Waals surface area contributed by atoms with Crippen LogP contribution in [0.25, 0.3) is 0 Å². The van der Waals surface area contributed by atoms with Gasteiger partial charge in [0.25, 0.3) is 0 Å². The SMILES string of the molecule is O=S([O-])C1(N2CCNCC2)CCCCCC1. The summed E-state index contributed by atoms with van der Waals surface area (Å²) in [7, 11) is 0. The van der Waals surface area contributed by atoms with Gasteiger partial charge in [0, 0.05) is 26.2 Å². The second-order valence-corrected chi connectivity index (χ2v) is 6.06. The summed E-state index contributed by atoms with van der Waals surface area (Å²) in [5.74, 6) is 0. The van der Waals surface area contributed by atoms with E-state index in [-0.39, 0.29) is 0 Å². The van der Waals surface area contributed by atoms with Gasteiger partial charge in [0.15, 0.2) is 0 Å². The number of nitrogens with one attached hydrogen (secondary N) is 1. The molecule has 2 aliphatic rings. The molecule has 0 bridgehead atoms. The number of hydrogen-bond acceptors (Lipinski definition) is 4. The van der Waals surface area contributed by atoms with Gasteiger partial charge in [-0.15, -0.1) is 0 Å². The monoisotopic (exact) mass is 245 g/mol. The molecule has 0 aromatic carbocycles. The molecule has 1 atom stereocenters. The van der Waals surface area contributed by atoms with Crippen LogP contribution in [0.3, 0.4) is 0 Å². The average molecular weight is 245 g/mol. The minimum Gasteiger partial charge on any atom is -0.771 e. The van der Waals surface area contributed by atoms with E-state index in [0.717, 1.165) is 51.9 Å². The third-order valence-corrected chi connectivity index (χ3v) is 5.18. The normalized spacial score (nSPS) is 29.6. The molecule has 0 amide bonds. The van der Waals surface area contributed by atoms with Crippen LogP contribution in [0.2, 0.25) is 0 Å². The lowest BCUT2D eigenvalue weighted by molar-refractivity contribution is 0.121. The van der Waals surface area contributed by atoms with Crippen molar-refractivity contribution in [2.24, 2.45) is 0 Å². The number of piperazine rings is 1. The van der Waals surface area contributed by atoms with Gasteiger partial charge in [-0.3, -0.25) is 9.11 Å². The molecule has 1 unspecified atom stereocenters. The first-order valence-corrected chi connectivity index (χ1v) is 7.38. The van der Waals surface area contributed by atoms with E-state index in [0.29, 0.717) is 0 Å². The van der Waals surface area contributed by atoms with Crippen molar-refractivity contribution >= 4 is 11.1 Å². The molecule has 94 valence electrons. The van der Waals surface area contributed by atoms with Crippen molar-refractivity contribution in [3.63, 3.8) is 0 Å². The molecule has 16 heavy (non-hydrogen) atoms. The van der Waals surface area contributed by atoms with Gasteiger partial charge in [-0.1, -0.05) is 25.7 Å². The summed E-state index contributed by atoms with van der Waals surface area (Å²) in [6, 6.07) is 0. The first kappa shape index (κ1) is 12.5. The van der Waals surface area contributed by atoms with Crippen molar-refractivity contribution in [3.8, 4) is 0 Å². The van der Waals surface area contributed by atoms with E-state index >= 15 is 0 Å². The maximum absolute atomic E-state index is 11.7. The number of nitrogens with zero attached hydrogens (tertiary/aromatic N) is 1. The molecule has 5 heteroatoms. The van der Waals surface area contributed by atoms with Gasteiger partial charge in [-0.05, 0) is 23.9 Å². The smallest absolute Gasteiger partial charge is 0.0838 e. The second-order valence-electron chi connectivity index (χ2n) is 4.83. The van der Waals surface area contributed by atoms with Crippen LogP contribution in [0.5, 0.6) is 0 Å². The maximum atomic E-state index is 11.7. The Morgan fingerprint density at radius 3 is 2.12 bits per heavy atom. The molecule has 0 aromatic rings. The van der Waals surface area contributed by atoms with E-state index in [2.05, 4.69) is 10.2 Å². The molecule has 1 aliphatic heterocycles. The van der Waals surface area contributed by atoms with Crippen LogP contribution < -0.4 is 5.32 Å². The van der Waals surface area contributed by atoms with Gasteiger partial charge in [0.1, 0.15) is 0 Å². The lowest BCUT2D eigenvalue weighted by Gasteiger charge is -2.47. The molecule has 4 nitrogen and oxygen atoms in total. The molecule has 1 saturated heterocycles. The van der Waals surface area contributed by atoms with Crippen LogP contribution in [0, 0.1) is 0 Å². The Bertz CT molecular complexity index is 246. The van der Waals surface area contributed by atoms with Gasteiger partial charge in [-0.2, -0.15) is 0 Å². The minimum absolute atomic E-state index is 0.557. The Morgan fingerprint density at radius 1 is 1.06 bits per heavy atom. The number of rotatable bonds is 2. The molecule has 1 heterocycles. The molecule has 2 rings (SSSR count). The van der Waals surface area contributed by atoms with Crippen LogP contribution >= 0.6 is 0 Å². The Hall–Kier alpha value is 0.0300. The van der Waals surface area contributed by atoms with Crippen LogP contribution in [-0.2, 0) is 11.1 Å². The van der Waals surface area contributed by atoms with E-state index in [1.807, 2.05) is 0 Å². The zero-order valence-electron chi connectivity index (χ0n) is 9.74. The van der Waals surface area contributed by atoms with E-state index in [9.17, 15) is 8.76 Å². The van der Waals surface area contributed by atoms with Crippen molar-refractivity contribution in [2.45, 2.75) is 43.4 Å². The fourth-order valence-electron chi connectivity index (χ4n) is 2.94. The summed E-state index contributed by atoms with van der Waals surface area (Å²) in [5.41, 5.74) is 0. The quantitative estimate of drug-likeness (QED) is 0.578.